The van der Waals surface area contributed by atoms with Crippen LogP contribution >= 0.6 is 23.2 Å². The number of hydrogen-bond donors (Lipinski definition) is 2. The van der Waals surface area contributed by atoms with E-state index in [2.05, 4.69) is 27.2 Å². The number of hydrogen-bond acceptors (Lipinski definition) is 5. The predicted molar refractivity (Wildman–Crippen MR) is 120 cm³/mol. The van der Waals surface area contributed by atoms with Crippen LogP contribution in [-0.2, 0) is 4.79 Å². The summed E-state index contributed by atoms with van der Waals surface area (Å²) < 4.78 is 18.6. The van der Waals surface area contributed by atoms with E-state index in [-0.39, 0.29) is 23.3 Å². The van der Waals surface area contributed by atoms with Gasteiger partial charge in [-0.2, -0.15) is 0 Å². The summed E-state index contributed by atoms with van der Waals surface area (Å²) in [7, 11) is 0. The first-order valence-corrected chi connectivity index (χ1v) is 10.0. The molecule has 2 N–H and O–H groups in total. The molecule has 0 bridgehead atoms. The van der Waals surface area contributed by atoms with Gasteiger partial charge in [-0.1, -0.05) is 41.9 Å². The molecule has 160 valence electrons. The van der Waals surface area contributed by atoms with Gasteiger partial charge in [0.1, 0.15) is 11.6 Å². The molecule has 1 amide bonds. The lowest BCUT2D eigenvalue weighted by Gasteiger charge is -2.11. The van der Waals surface area contributed by atoms with Crippen molar-refractivity contribution >= 4 is 35.1 Å². The third-order valence-corrected chi connectivity index (χ3v) is 4.65. The lowest BCUT2D eigenvalue weighted by molar-refractivity contribution is -0.123. The first kappa shape index (κ1) is 22.5. The fourth-order valence-electron chi connectivity index (χ4n) is 2.54. The van der Waals surface area contributed by atoms with Crippen LogP contribution in [0.15, 0.2) is 67.0 Å². The first-order chi connectivity index (χ1) is 14.9. The lowest BCUT2D eigenvalue weighted by atomic mass is 10.1. The zero-order valence-corrected chi connectivity index (χ0v) is 17.9. The Labute approximate surface area is 189 Å². The van der Waals surface area contributed by atoms with Gasteiger partial charge in [-0.05, 0) is 30.3 Å². The van der Waals surface area contributed by atoms with E-state index in [4.69, 9.17) is 27.9 Å². The van der Waals surface area contributed by atoms with Crippen LogP contribution in [0.25, 0.3) is 11.3 Å². The van der Waals surface area contributed by atoms with E-state index in [0.29, 0.717) is 29.6 Å². The minimum atomic E-state index is -0.607. The maximum absolute atomic E-state index is 13.4. The molecule has 0 aliphatic carbocycles. The van der Waals surface area contributed by atoms with Crippen LogP contribution < -0.4 is 15.4 Å². The number of aromatic nitrogens is 2. The molecular weight excluding hydrogens is 442 g/mol. The lowest BCUT2D eigenvalue weighted by Crippen LogP contribution is -2.30. The Morgan fingerprint density at radius 1 is 1.13 bits per heavy atom. The van der Waals surface area contributed by atoms with Crippen LogP contribution in [-0.4, -0.2) is 29.0 Å². The van der Waals surface area contributed by atoms with E-state index in [1.54, 1.807) is 24.4 Å². The number of carbonyl (C=O) groups is 1. The average Bonchev–Trinajstić information content (AvgIpc) is 2.75. The number of carbonyl (C=O) groups excluding carboxylic acids is 1. The highest BCUT2D eigenvalue weighted by molar-refractivity contribution is 6.31. The molecular formula is C22H19Cl2FN4O2. The minimum absolute atomic E-state index is 0.00880. The van der Waals surface area contributed by atoms with Gasteiger partial charge in [0.05, 0.1) is 10.7 Å². The Kier molecular flexibility index (Phi) is 7.81. The van der Waals surface area contributed by atoms with Crippen molar-refractivity contribution < 1.29 is 13.9 Å². The van der Waals surface area contributed by atoms with Crippen LogP contribution in [0.1, 0.15) is 6.42 Å². The molecule has 0 saturated heterocycles. The Morgan fingerprint density at radius 3 is 2.65 bits per heavy atom. The second kappa shape index (κ2) is 10.7. The SMILES string of the molecule is C=C(CCNC(=O)COc1ccc(Cl)c(F)c1)Nc1nccc(-c2ccc(Cl)cc2)n1. The molecule has 9 heteroatoms. The molecule has 2 aromatic carbocycles. The topological polar surface area (TPSA) is 76.1 Å². The van der Waals surface area contributed by atoms with Crippen molar-refractivity contribution in [1.82, 2.24) is 15.3 Å². The Bertz CT molecular complexity index is 1080. The zero-order chi connectivity index (χ0) is 22.2. The Balaban J connectivity index is 1.42. The molecule has 0 unspecified atom stereocenters. The summed E-state index contributed by atoms with van der Waals surface area (Å²) in [5.41, 5.74) is 2.29. The zero-order valence-electron chi connectivity index (χ0n) is 16.4. The third kappa shape index (κ3) is 6.94. The van der Waals surface area contributed by atoms with E-state index < -0.39 is 5.82 Å². The summed E-state index contributed by atoms with van der Waals surface area (Å²) in [4.78, 5) is 20.5. The average molecular weight is 461 g/mol. The van der Waals surface area contributed by atoms with Gasteiger partial charge in [-0.15, -0.1) is 0 Å². The van der Waals surface area contributed by atoms with Gasteiger partial charge in [0, 0.05) is 41.5 Å². The number of halogens is 3. The van der Waals surface area contributed by atoms with Crippen LogP contribution in [0.5, 0.6) is 5.75 Å². The van der Waals surface area contributed by atoms with Crippen molar-refractivity contribution in [3.05, 3.63) is 82.9 Å². The van der Waals surface area contributed by atoms with Crippen LogP contribution in [0, 0.1) is 5.82 Å². The summed E-state index contributed by atoms with van der Waals surface area (Å²) in [6, 6.07) is 13.1. The predicted octanol–water partition coefficient (Wildman–Crippen LogP) is 5.10. The largest absolute Gasteiger partial charge is 0.484 e. The molecule has 0 spiro atoms. The smallest absolute Gasteiger partial charge is 0.257 e. The van der Waals surface area contributed by atoms with Gasteiger partial charge in [0.2, 0.25) is 5.95 Å². The van der Waals surface area contributed by atoms with Gasteiger partial charge in [0.25, 0.3) is 5.91 Å². The minimum Gasteiger partial charge on any atom is -0.484 e. The molecule has 0 atom stereocenters. The van der Waals surface area contributed by atoms with Crippen molar-refractivity contribution in [1.29, 1.82) is 0 Å². The number of rotatable bonds is 9. The van der Waals surface area contributed by atoms with E-state index in [0.717, 1.165) is 17.3 Å². The van der Waals surface area contributed by atoms with Crippen molar-refractivity contribution in [3.63, 3.8) is 0 Å². The number of nitrogens with one attached hydrogen (secondary N) is 2. The quantitative estimate of drug-likeness (QED) is 0.464. The fourth-order valence-corrected chi connectivity index (χ4v) is 2.78. The second-order valence-electron chi connectivity index (χ2n) is 6.47. The second-order valence-corrected chi connectivity index (χ2v) is 7.31. The van der Waals surface area contributed by atoms with Gasteiger partial charge < -0.3 is 15.4 Å². The summed E-state index contributed by atoms with van der Waals surface area (Å²) in [6.45, 7) is 4.02. The fraction of sp³-hybridized carbons (Fsp3) is 0.136. The van der Waals surface area contributed by atoms with Gasteiger partial charge in [-0.3, -0.25) is 4.79 Å². The van der Waals surface area contributed by atoms with E-state index in [1.165, 1.54) is 12.1 Å². The molecule has 0 aliphatic heterocycles. The monoisotopic (exact) mass is 460 g/mol. The molecule has 0 aliphatic rings. The normalized spacial score (nSPS) is 10.4. The van der Waals surface area contributed by atoms with Crippen molar-refractivity contribution in [2.24, 2.45) is 0 Å². The Morgan fingerprint density at radius 2 is 1.90 bits per heavy atom. The molecule has 3 aromatic rings. The van der Waals surface area contributed by atoms with Crippen molar-refractivity contribution in [2.75, 3.05) is 18.5 Å². The molecule has 31 heavy (non-hydrogen) atoms. The molecule has 1 heterocycles. The van der Waals surface area contributed by atoms with Gasteiger partial charge in [0.15, 0.2) is 6.61 Å². The standard InChI is InChI=1S/C22H19Cl2FN4O2/c1-14(8-10-26-21(30)13-31-17-6-7-18(24)19(25)12-17)28-22-27-11-9-20(29-22)15-2-4-16(23)5-3-15/h2-7,9,11-12H,1,8,10,13H2,(H,26,30)(H,27,28,29). The highest BCUT2D eigenvalue weighted by Gasteiger charge is 2.07. The number of anilines is 1. The summed E-state index contributed by atoms with van der Waals surface area (Å²) in [5.74, 6) is -0.328. The maximum Gasteiger partial charge on any atom is 0.257 e. The summed E-state index contributed by atoms with van der Waals surface area (Å²) in [5, 5.41) is 6.37. The molecule has 0 fully saturated rings. The first-order valence-electron chi connectivity index (χ1n) is 9.29. The van der Waals surface area contributed by atoms with Crippen LogP contribution in [0.2, 0.25) is 10.0 Å². The van der Waals surface area contributed by atoms with E-state index in [1.807, 2.05) is 12.1 Å². The van der Waals surface area contributed by atoms with E-state index >= 15 is 0 Å². The number of benzene rings is 2. The van der Waals surface area contributed by atoms with Crippen molar-refractivity contribution in [2.45, 2.75) is 6.42 Å². The molecule has 3 rings (SSSR count). The number of ether oxygens (including phenoxy) is 1. The van der Waals surface area contributed by atoms with Gasteiger partial charge >= 0.3 is 0 Å². The molecule has 0 saturated carbocycles. The van der Waals surface area contributed by atoms with Crippen LogP contribution in [0.4, 0.5) is 10.3 Å². The van der Waals surface area contributed by atoms with Crippen molar-refractivity contribution in [3.8, 4) is 17.0 Å². The van der Waals surface area contributed by atoms with E-state index in [9.17, 15) is 9.18 Å². The summed E-state index contributed by atoms with van der Waals surface area (Å²) in [6.07, 6.45) is 2.10. The van der Waals surface area contributed by atoms with Crippen LogP contribution in [0.3, 0.4) is 0 Å². The Hall–Kier alpha value is -3.16. The molecule has 0 radical (unpaired) electrons. The van der Waals surface area contributed by atoms with Gasteiger partial charge in [-0.25, -0.2) is 14.4 Å². The maximum atomic E-state index is 13.4. The summed E-state index contributed by atoms with van der Waals surface area (Å²) >= 11 is 11.5. The number of nitrogens with zero attached hydrogens (tertiary/aromatic N) is 2. The third-order valence-electron chi connectivity index (χ3n) is 4.09. The highest BCUT2D eigenvalue weighted by atomic mass is 35.5. The highest BCUT2D eigenvalue weighted by Crippen LogP contribution is 2.21. The molecule has 1 aromatic heterocycles. The number of amides is 1. The molecule has 6 nitrogen and oxygen atoms in total.